The molecule has 22 heavy (non-hydrogen) atoms. The fourth-order valence-corrected chi connectivity index (χ4v) is 3.83. The first-order chi connectivity index (χ1) is 10.8. The van der Waals surface area contributed by atoms with Gasteiger partial charge in [-0.15, -0.1) is 0 Å². The first-order valence-corrected chi connectivity index (χ1v) is 8.23. The number of nitrogens with zero attached hydrogens (tertiary/aromatic N) is 3. The zero-order valence-corrected chi connectivity index (χ0v) is 12.9. The van der Waals surface area contributed by atoms with Gasteiger partial charge in [0, 0.05) is 30.5 Å². The Morgan fingerprint density at radius 1 is 1.36 bits per heavy atom. The molecule has 2 aromatic heterocycles. The average molecular weight is 299 g/mol. The molecule has 0 fully saturated rings. The molecule has 0 aromatic carbocycles. The Balaban J connectivity index is 1.67. The second kappa shape index (κ2) is 5.30. The Kier molecular flexibility index (Phi) is 3.28. The number of rotatable bonds is 2. The van der Waals surface area contributed by atoms with Crippen molar-refractivity contribution in [1.29, 1.82) is 0 Å². The number of aryl methyl sites for hydroxylation is 1. The summed E-state index contributed by atoms with van der Waals surface area (Å²) in [6.45, 7) is 3.71. The first-order valence-electron chi connectivity index (χ1n) is 8.23. The number of fused-ring (bicyclic) bond motifs is 2. The molecule has 1 aliphatic heterocycles. The summed E-state index contributed by atoms with van der Waals surface area (Å²) in [5, 5.41) is 4.13. The Bertz CT molecular complexity index is 701. The van der Waals surface area contributed by atoms with E-state index in [1.165, 1.54) is 5.69 Å². The van der Waals surface area contributed by atoms with E-state index in [0.29, 0.717) is 5.76 Å². The van der Waals surface area contributed by atoms with E-state index >= 15 is 0 Å². The number of hydrogen-bond donors (Lipinski definition) is 0. The van der Waals surface area contributed by atoms with Crippen LogP contribution in [-0.2, 0) is 19.4 Å². The molecule has 1 atom stereocenters. The van der Waals surface area contributed by atoms with Gasteiger partial charge in [0.1, 0.15) is 0 Å². The molecule has 5 heteroatoms. The minimum atomic E-state index is 0.00921. The monoisotopic (exact) mass is 299 g/mol. The lowest BCUT2D eigenvalue weighted by molar-refractivity contribution is 0.0574. The molecule has 2 aromatic rings. The number of aromatic nitrogens is 2. The van der Waals surface area contributed by atoms with Gasteiger partial charge in [-0.25, -0.2) is 0 Å². The third kappa shape index (κ3) is 1.99. The van der Waals surface area contributed by atoms with E-state index in [4.69, 9.17) is 4.52 Å². The van der Waals surface area contributed by atoms with Gasteiger partial charge >= 0.3 is 0 Å². The van der Waals surface area contributed by atoms with Gasteiger partial charge in [0.05, 0.1) is 11.7 Å². The Morgan fingerprint density at radius 3 is 3.09 bits per heavy atom. The molecule has 0 saturated heterocycles. The summed E-state index contributed by atoms with van der Waals surface area (Å²) in [7, 11) is 0. The van der Waals surface area contributed by atoms with Crippen LogP contribution in [0.15, 0.2) is 22.9 Å². The lowest BCUT2D eigenvalue weighted by Crippen LogP contribution is -2.41. The van der Waals surface area contributed by atoms with E-state index in [1.54, 1.807) is 0 Å². The minimum Gasteiger partial charge on any atom is -0.350 e. The van der Waals surface area contributed by atoms with Crippen LogP contribution in [0.3, 0.4) is 0 Å². The molecule has 4 rings (SSSR count). The highest BCUT2D eigenvalue weighted by molar-refractivity contribution is 5.93. The van der Waals surface area contributed by atoms with Crippen molar-refractivity contribution in [3.63, 3.8) is 0 Å². The van der Waals surface area contributed by atoms with Crippen LogP contribution < -0.4 is 0 Å². The van der Waals surface area contributed by atoms with Gasteiger partial charge in [-0.05, 0) is 44.2 Å². The molecule has 5 nitrogen and oxygen atoms in total. The number of carbonyl (C=O) groups excluding carboxylic acids is 1. The predicted molar refractivity (Wildman–Crippen MR) is 81.6 cm³/mol. The van der Waals surface area contributed by atoms with Gasteiger partial charge in [-0.2, -0.15) is 0 Å². The van der Waals surface area contributed by atoms with E-state index in [0.717, 1.165) is 56.5 Å². The fourth-order valence-electron chi connectivity index (χ4n) is 3.83. The van der Waals surface area contributed by atoms with Crippen LogP contribution in [0, 0.1) is 0 Å². The van der Waals surface area contributed by atoms with Crippen LogP contribution in [0.1, 0.15) is 59.7 Å². The normalized spacial score (nSPS) is 20.6. The number of amides is 1. The molecule has 0 unspecified atom stereocenters. The van der Waals surface area contributed by atoms with Crippen molar-refractivity contribution in [1.82, 2.24) is 14.6 Å². The summed E-state index contributed by atoms with van der Waals surface area (Å²) in [6, 6.07) is 4.30. The lowest BCUT2D eigenvalue weighted by atomic mass is 9.95. The summed E-state index contributed by atoms with van der Waals surface area (Å²) in [5.41, 5.74) is 3.26. The van der Waals surface area contributed by atoms with Gasteiger partial charge in [-0.3, -0.25) is 4.79 Å². The highest BCUT2D eigenvalue weighted by atomic mass is 16.5. The highest BCUT2D eigenvalue weighted by Crippen LogP contribution is 2.32. The molecule has 0 saturated carbocycles. The standard InChI is InChI=1S/C17H21N3O2/c1-2-14-15-8-5-9-19(15)10-11-20(14)17(21)16-12-6-3-4-7-13(12)18-22-16/h5,8-9,14H,2-4,6-7,10-11H2,1H3/t14-/m0/s1. The molecule has 3 heterocycles. The van der Waals surface area contributed by atoms with Gasteiger partial charge in [0.15, 0.2) is 0 Å². The van der Waals surface area contributed by atoms with Gasteiger partial charge in [-0.1, -0.05) is 12.1 Å². The second-order valence-electron chi connectivity index (χ2n) is 6.19. The van der Waals surface area contributed by atoms with Gasteiger partial charge in [0.25, 0.3) is 5.91 Å². The van der Waals surface area contributed by atoms with Crippen molar-refractivity contribution in [3.05, 3.63) is 41.0 Å². The summed E-state index contributed by atoms with van der Waals surface area (Å²) in [4.78, 5) is 15.0. The SMILES string of the molecule is CC[C@H]1c2cccn2CCN1C(=O)c1onc2c1CCCC2. The fraction of sp³-hybridized carbons (Fsp3) is 0.529. The van der Waals surface area contributed by atoms with E-state index in [2.05, 4.69) is 35.0 Å². The van der Waals surface area contributed by atoms with Crippen molar-refractivity contribution < 1.29 is 9.32 Å². The van der Waals surface area contributed by atoms with E-state index in [9.17, 15) is 4.79 Å². The Labute approximate surface area is 129 Å². The van der Waals surface area contributed by atoms with Crippen LogP contribution in [0.2, 0.25) is 0 Å². The van der Waals surface area contributed by atoms with Crippen LogP contribution in [-0.4, -0.2) is 27.1 Å². The molecule has 116 valence electrons. The molecular formula is C17H21N3O2. The molecule has 0 bridgehead atoms. The maximum atomic E-state index is 13.0. The summed E-state index contributed by atoms with van der Waals surface area (Å²) >= 11 is 0. The van der Waals surface area contributed by atoms with Crippen LogP contribution >= 0.6 is 0 Å². The van der Waals surface area contributed by atoms with Crippen molar-refractivity contribution in [2.24, 2.45) is 0 Å². The predicted octanol–water partition coefficient (Wildman–Crippen LogP) is 2.96. The Hall–Kier alpha value is -2.04. The highest BCUT2D eigenvalue weighted by Gasteiger charge is 2.34. The van der Waals surface area contributed by atoms with Crippen molar-refractivity contribution in [2.75, 3.05) is 6.54 Å². The number of hydrogen-bond acceptors (Lipinski definition) is 3. The van der Waals surface area contributed by atoms with Crippen molar-refractivity contribution in [2.45, 2.75) is 51.6 Å². The molecule has 1 aliphatic carbocycles. The maximum Gasteiger partial charge on any atom is 0.293 e. The summed E-state index contributed by atoms with van der Waals surface area (Å²) < 4.78 is 7.69. The lowest BCUT2D eigenvalue weighted by Gasteiger charge is -2.36. The number of carbonyl (C=O) groups is 1. The van der Waals surface area contributed by atoms with E-state index < -0.39 is 0 Å². The Morgan fingerprint density at radius 2 is 2.23 bits per heavy atom. The first kappa shape index (κ1) is 13.6. The summed E-state index contributed by atoms with van der Waals surface area (Å²) in [5.74, 6) is 0.489. The summed E-state index contributed by atoms with van der Waals surface area (Å²) in [6.07, 6.45) is 7.12. The molecule has 2 aliphatic rings. The molecule has 0 radical (unpaired) electrons. The molecule has 0 spiro atoms. The zero-order valence-electron chi connectivity index (χ0n) is 12.9. The molecule has 1 amide bonds. The van der Waals surface area contributed by atoms with Crippen LogP contribution in [0.25, 0.3) is 0 Å². The second-order valence-corrected chi connectivity index (χ2v) is 6.19. The van der Waals surface area contributed by atoms with Crippen LogP contribution in [0.5, 0.6) is 0 Å². The average Bonchev–Trinajstić information content (AvgIpc) is 3.19. The third-order valence-electron chi connectivity index (χ3n) is 4.97. The topological polar surface area (TPSA) is 51.3 Å². The van der Waals surface area contributed by atoms with E-state index in [-0.39, 0.29) is 11.9 Å². The van der Waals surface area contributed by atoms with Gasteiger partial charge in [0.2, 0.25) is 5.76 Å². The van der Waals surface area contributed by atoms with Crippen LogP contribution in [0.4, 0.5) is 0 Å². The maximum absolute atomic E-state index is 13.0. The smallest absolute Gasteiger partial charge is 0.293 e. The minimum absolute atomic E-state index is 0.00921. The molecule has 0 N–H and O–H groups in total. The quantitative estimate of drug-likeness (QED) is 0.856. The third-order valence-corrected chi connectivity index (χ3v) is 4.97. The van der Waals surface area contributed by atoms with Crippen molar-refractivity contribution >= 4 is 5.91 Å². The largest absolute Gasteiger partial charge is 0.350 e. The molecular weight excluding hydrogens is 278 g/mol. The van der Waals surface area contributed by atoms with E-state index in [1.807, 2.05) is 4.90 Å². The van der Waals surface area contributed by atoms with Gasteiger partial charge < -0.3 is 14.0 Å². The zero-order chi connectivity index (χ0) is 15.1. The van der Waals surface area contributed by atoms with Crippen molar-refractivity contribution in [3.8, 4) is 0 Å².